The molecule has 1 spiro atoms. The number of Topliss-reactive ketones (excluding diaryl/α,β-unsaturated/α-hetero) is 1. The second kappa shape index (κ2) is 6.26. The standard InChI is InChI=1S/C18H22N2O4/c1-19-17(23)20(16(22)18(19)10-4-3-5-11-18)12-15(21)13-6-8-14(24-2)9-7-13/h6-9H,3-5,10-12H2,1-2H3. The molecule has 1 saturated carbocycles. The van der Waals surface area contributed by atoms with Crippen LogP contribution in [0.25, 0.3) is 0 Å². The van der Waals surface area contributed by atoms with Crippen LogP contribution in [0.1, 0.15) is 42.5 Å². The number of rotatable bonds is 4. The monoisotopic (exact) mass is 330 g/mol. The largest absolute Gasteiger partial charge is 0.497 e. The highest BCUT2D eigenvalue weighted by atomic mass is 16.5. The minimum atomic E-state index is -0.741. The van der Waals surface area contributed by atoms with Gasteiger partial charge in [0, 0.05) is 12.6 Å². The molecule has 3 amide bonds. The van der Waals surface area contributed by atoms with Crippen molar-refractivity contribution in [3.63, 3.8) is 0 Å². The van der Waals surface area contributed by atoms with Crippen molar-refractivity contribution in [3.8, 4) is 5.75 Å². The van der Waals surface area contributed by atoms with Crippen LogP contribution in [0, 0.1) is 0 Å². The van der Waals surface area contributed by atoms with Crippen LogP contribution >= 0.6 is 0 Å². The minimum absolute atomic E-state index is 0.212. The fourth-order valence-electron chi connectivity index (χ4n) is 3.68. The molecule has 1 aliphatic heterocycles. The van der Waals surface area contributed by atoms with E-state index in [-0.39, 0.29) is 24.3 Å². The summed E-state index contributed by atoms with van der Waals surface area (Å²) in [6.45, 7) is -0.212. The maximum absolute atomic E-state index is 12.9. The molecule has 6 heteroatoms. The summed E-state index contributed by atoms with van der Waals surface area (Å²) in [6, 6.07) is 6.30. The molecule has 2 aliphatic rings. The Kier molecular flexibility index (Phi) is 4.30. The summed E-state index contributed by atoms with van der Waals surface area (Å²) >= 11 is 0. The van der Waals surface area contributed by atoms with E-state index in [0.29, 0.717) is 24.2 Å². The van der Waals surface area contributed by atoms with Gasteiger partial charge in [-0.1, -0.05) is 19.3 Å². The summed E-state index contributed by atoms with van der Waals surface area (Å²) in [6.07, 6.45) is 4.32. The zero-order valence-electron chi connectivity index (χ0n) is 14.1. The van der Waals surface area contributed by atoms with Crippen molar-refractivity contribution in [2.24, 2.45) is 0 Å². The highest BCUT2D eigenvalue weighted by Crippen LogP contribution is 2.39. The van der Waals surface area contributed by atoms with Crippen molar-refractivity contribution in [3.05, 3.63) is 29.8 Å². The van der Waals surface area contributed by atoms with Crippen LogP contribution in [0.15, 0.2) is 24.3 Å². The van der Waals surface area contributed by atoms with Gasteiger partial charge in [0.15, 0.2) is 5.78 Å². The molecule has 1 aromatic carbocycles. The summed E-state index contributed by atoms with van der Waals surface area (Å²) < 4.78 is 5.07. The highest BCUT2D eigenvalue weighted by molar-refractivity contribution is 6.11. The zero-order chi connectivity index (χ0) is 17.3. The number of hydrogen-bond acceptors (Lipinski definition) is 4. The average molecular weight is 330 g/mol. The molecular weight excluding hydrogens is 308 g/mol. The third-order valence-electron chi connectivity index (χ3n) is 5.20. The van der Waals surface area contributed by atoms with Crippen LogP contribution in [0.5, 0.6) is 5.75 Å². The molecule has 128 valence electrons. The molecule has 3 rings (SSSR count). The molecule has 1 saturated heterocycles. The van der Waals surface area contributed by atoms with Crippen molar-refractivity contribution in [1.29, 1.82) is 0 Å². The summed E-state index contributed by atoms with van der Waals surface area (Å²) in [5.41, 5.74) is -0.279. The van der Waals surface area contributed by atoms with E-state index in [9.17, 15) is 14.4 Å². The van der Waals surface area contributed by atoms with E-state index < -0.39 is 5.54 Å². The number of nitrogens with zero attached hydrogens (tertiary/aromatic N) is 2. The smallest absolute Gasteiger partial charge is 0.327 e. The van der Waals surface area contributed by atoms with Crippen molar-refractivity contribution in [2.45, 2.75) is 37.6 Å². The quantitative estimate of drug-likeness (QED) is 0.628. The second-order valence-electron chi connectivity index (χ2n) is 6.48. The number of amides is 3. The van der Waals surface area contributed by atoms with Gasteiger partial charge in [-0.05, 0) is 37.1 Å². The number of urea groups is 1. The van der Waals surface area contributed by atoms with E-state index in [0.717, 1.165) is 24.2 Å². The lowest BCUT2D eigenvalue weighted by atomic mass is 9.80. The van der Waals surface area contributed by atoms with Gasteiger partial charge in [0.2, 0.25) is 0 Å². The molecule has 0 atom stereocenters. The van der Waals surface area contributed by atoms with Crippen molar-refractivity contribution < 1.29 is 19.1 Å². The maximum Gasteiger partial charge on any atom is 0.327 e. The number of hydrogen-bond donors (Lipinski definition) is 0. The van der Waals surface area contributed by atoms with E-state index in [1.165, 1.54) is 4.90 Å². The first-order valence-corrected chi connectivity index (χ1v) is 8.26. The molecule has 0 radical (unpaired) electrons. The summed E-state index contributed by atoms with van der Waals surface area (Å²) in [5, 5.41) is 0. The van der Waals surface area contributed by atoms with Gasteiger partial charge < -0.3 is 9.64 Å². The third kappa shape index (κ3) is 2.56. The van der Waals surface area contributed by atoms with E-state index in [1.54, 1.807) is 38.4 Å². The van der Waals surface area contributed by atoms with Gasteiger partial charge in [-0.2, -0.15) is 0 Å². The molecule has 6 nitrogen and oxygen atoms in total. The number of carbonyl (C=O) groups is 3. The van der Waals surface area contributed by atoms with Gasteiger partial charge >= 0.3 is 6.03 Å². The third-order valence-corrected chi connectivity index (χ3v) is 5.20. The summed E-state index contributed by atoms with van der Waals surface area (Å²) in [7, 11) is 3.22. The fraction of sp³-hybridized carbons (Fsp3) is 0.500. The summed E-state index contributed by atoms with van der Waals surface area (Å²) in [4.78, 5) is 40.5. The zero-order valence-corrected chi connectivity index (χ0v) is 14.1. The first-order chi connectivity index (χ1) is 11.5. The molecule has 0 aromatic heterocycles. The first-order valence-electron chi connectivity index (χ1n) is 8.26. The first kappa shape index (κ1) is 16.5. The number of carbonyl (C=O) groups excluding carboxylic acids is 3. The lowest BCUT2D eigenvalue weighted by Gasteiger charge is -2.35. The van der Waals surface area contributed by atoms with Crippen molar-refractivity contribution >= 4 is 17.7 Å². The van der Waals surface area contributed by atoms with Gasteiger partial charge in [-0.15, -0.1) is 0 Å². The highest BCUT2D eigenvalue weighted by Gasteiger charge is 2.55. The molecule has 24 heavy (non-hydrogen) atoms. The Morgan fingerprint density at radius 3 is 2.33 bits per heavy atom. The van der Waals surface area contributed by atoms with Gasteiger partial charge in [-0.25, -0.2) is 4.79 Å². The number of ketones is 1. The number of likely N-dealkylation sites (N-methyl/N-ethyl adjacent to an activating group) is 1. The van der Waals surface area contributed by atoms with Gasteiger partial charge in [-0.3, -0.25) is 14.5 Å². The lowest BCUT2D eigenvalue weighted by Crippen LogP contribution is -2.49. The van der Waals surface area contributed by atoms with Crippen LogP contribution in [-0.4, -0.2) is 53.8 Å². The van der Waals surface area contributed by atoms with E-state index in [2.05, 4.69) is 0 Å². The number of ether oxygens (including phenoxy) is 1. The van der Waals surface area contributed by atoms with E-state index >= 15 is 0 Å². The van der Waals surface area contributed by atoms with Gasteiger partial charge in [0.1, 0.15) is 11.3 Å². The van der Waals surface area contributed by atoms with Crippen LogP contribution < -0.4 is 4.74 Å². The molecule has 1 aromatic rings. The molecule has 0 unspecified atom stereocenters. The van der Waals surface area contributed by atoms with E-state index in [1.807, 2.05) is 0 Å². The Morgan fingerprint density at radius 2 is 1.75 bits per heavy atom. The predicted molar refractivity (Wildman–Crippen MR) is 88.0 cm³/mol. The van der Waals surface area contributed by atoms with Crippen LogP contribution in [0.3, 0.4) is 0 Å². The Morgan fingerprint density at radius 1 is 1.12 bits per heavy atom. The van der Waals surface area contributed by atoms with Crippen LogP contribution in [0.4, 0.5) is 4.79 Å². The topological polar surface area (TPSA) is 66.9 Å². The predicted octanol–water partition coefficient (Wildman–Crippen LogP) is 2.47. The Bertz CT molecular complexity index is 662. The molecule has 2 fully saturated rings. The average Bonchev–Trinajstić information content (AvgIpc) is 2.79. The van der Waals surface area contributed by atoms with Crippen LogP contribution in [0.2, 0.25) is 0 Å². The SMILES string of the molecule is COc1ccc(C(=O)CN2C(=O)N(C)C3(CCCCC3)C2=O)cc1. The number of methoxy groups -OCH3 is 1. The van der Waals surface area contributed by atoms with Crippen molar-refractivity contribution in [2.75, 3.05) is 20.7 Å². The maximum atomic E-state index is 12.9. The van der Waals surface area contributed by atoms with E-state index in [4.69, 9.17) is 4.74 Å². The fourth-order valence-corrected chi connectivity index (χ4v) is 3.68. The molecule has 0 N–H and O–H groups in total. The normalized spacial score (nSPS) is 19.9. The van der Waals surface area contributed by atoms with Gasteiger partial charge in [0.25, 0.3) is 5.91 Å². The number of imide groups is 1. The van der Waals surface area contributed by atoms with Gasteiger partial charge in [0.05, 0.1) is 13.7 Å². The van der Waals surface area contributed by atoms with Crippen LogP contribution in [-0.2, 0) is 4.79 Å². The Hall–Kier alpha value is -2.37. The summed E-state index contributed by atoms with van der Waals surface area (Å²) in [5.74, 6) is 0.179. The molecule has 0 bridgehead atoms. The Labute approximate surface area is 141 Å². The van der Waals surface area contributed by atoms with Crippen molar-refractivity contribution in [1.82, 2.24) is 9.80 Å². The lowest BCUT2D eigenvalue weighted by molar-refractivity contribution is -0.134. The Balaban J connectivity index is 1.77. The minimum Gasteiger partial charge on any atom is -0.497 e. The number of benzene rings is 1. The molecule has 1 heterocycles. The second-order valence-corrected chi connectivity index (χ2v) is 6.48. The molecule has 1 aliphatic carbocycles. The molecular formula is C18H22N2O4.